The first-order valence-corrected chi connectivity index (χ1v) is 14.2. The van der Waals surface area contributed by atoms with E-state index in [2.05, 4.69) is 26.0 Å². The molecule has 0 aliphatic rings. The van der Waals surface area contributed by atoms with Crippen molar-refractivity contribution in [1.82, 2.24) is 0 Å². The topological polar surface area (TPSA) is 27.7 Å². The first-order valence-electron chi connectivity index (χ1n) is 13.1. The van der Waals surface area contributed by atoms with Crippen molar-refractivity contribution in [2.24, 2.45) is 0 Å². The van der Waals surface area contributed by atoms with Gasteiger partial charge < -0.3 is 13.6 Å². The summed E-state index contributed by atoms with van der Waals surface area (Å²) in [6.45, 7) is 6.58. The van der Waals surface area contributed by atoms with Gasteiger partial charge in [-0.2, -0.15) is 0 Å². The van der Waals surface area contributed by atoms with Gasteiger partial charge in [0.15, 0.2) is 0 Å². The monoisotopic (exact) mass is 452 g/mol. The van der Waals surface area contributed by atoms with Gasteiger partial charge in [-0.15, -0.1) is 0 Å². The summed E-state index contributed by atoms with van der Waals surface area (Å²) in [7, 11) is -1.25. The Balaban J connectivity index is 2.14. The smallest absolute Gasteiger partial charge is 0.312 e. The zero-order valence-corrected chi connectivity index (χ0v) is 21.4. The molecule has 180 valence electrons. The summed E-state index contributed by atoms with van der Waals surface area (Å²) in [6, 6.07) is 10.3. The Kier molecular flexibility index (Phi) is 20.9. The minimum atomic E-state index is -1.25. The quantitative estimate of drug-likeness (QED) is 0.122. The van der Waals surface area contributed by atoms with Crippen molar-refractivity contribution in [2.75, 3.05) is 13.2 Å². The van der Waals surface area contributed by atoms with E-state index in [4.69, 9.17) is 13.6 Å². The van der Waals surface area contributed by atoms with Gasteiger partial charge in [-0.1, -0.05) is 134 Å². The van der Waals surface area contributed by atoms with Crippen LogP contribution in [0.3, 0.4) is 0 Å². The Morgan fingerprint density at radius 1 is 0.516 bits per heavy atom. The van der Waals surface area contributed by atoms with E-state index in [9.17, 15) is 0 Å². The lowest BCUT2D eigenvalue weighted by molar-refractivity contribution is 0.150. The average Bonchev–Trinajstić information content (AvgIpc) is 2.80. The first kappa shape index (κ1) is 28.6. The lowest BCUT2D eigenvalue weighted by Crippen LogP contribution is -2.00. The molecule has 1 aromatic rings. The Labute approximate surface area is 194 Å². The SMILES string of the molecule is CCCCCCCCCCOP(OCCCCCCCCCC)OCc1ccccc1. The van der Waals surface area contributed by atoms with Gasteiger partial charge in [-0.25, -0.2) is 0 Å². The van der Waals surface area contributed by atoms with Crippen molar-refractivity contribution in [3.63, 3.8) is 0 Å². The van der Waals surface area contributed by atoms with Crippen molar-refractivity contribution < 1.29 is 13.6 Å². The van der Waals surface area contributed by atoms with E-state index in [0.29, 0.717) is 6.61 Å². The molecule has 31 heavy (non-hydrogen) atoms. The highest BCUT2D eigenvalue weighted by Crippen LogP contribution is 2.41. The highest BCUT2D eigenvalue weighted by molar-refractivity contribution is 7.41. The molecule has 0 saturated carbocycles. The van der Waals surface area contributed by atoms with E-state index in [-0.39, 0.29) is 0 Å². The summed E-state index contributed by atoms with van der Waals surface area (Å²) in [5.41, 5.74) is 1.17. The molecular formula is C27H49O3P. The van der Waals surface area contributed by atoms with Crippen LogP contribution in [0.5, 0.6) is 0 Å². The molecule has 0 bridgehead atoms. The maximum absolute atomic E-state index is 6.00. The lowest BCUT2D eigenvalue weighted by atomic mass is 10.1. The average molecular weight is 453 g/mol. The van der Waals surface area contributed by atoms with Crippen LogP contribution < -0.4 is 0 Å². The Hall–Kier alpha value is -0.470. The van der Waals surface area contributed by atoms with Gasteiger partial charge in [-0.05, 0) is 18.4 Å². The van der Waals surface area contributed by atoms with Crippen LogP contribution in [0.2, 0.25) is 0 Å². The second-order valence-electron chi connectivity index (χ2n) is 8.60. The molecule has 1 aromatic carbocycles. The molecule has 0 atom stereocenters. The van der Waals surface area contributed by atoms with E-state index in [1.54, 1.807) is 0 Å². The molecule has 4 heteroatoms. The molecule has 0 aliphatic carbocycles. The minimum Gasteiger partial charge on any atom is -0.312 e. The normalized spacial score (nSPS) is 11.5. The summed E-state index contributed by atoms with van der Waals surface area (Å²) in [4.78, 5) is 0. The molecule has 0 aromatic heterocycles. The van der Waals surface area contributed by atoms with Crippen molar-refractivity contribution >= 4 is 8.60 Å². The molecule has 1 rings (SSSR count). The summed E-state index contributed by atoms with van der Waals surface area (Å²) < 4.78 is 18.0. The predicted octanol–water partition coefficient (Wildman–Crippen LogP) is 9.74. The summed E-state index contributed by atoms with van der Waals surface area (Å²) in [5.74, 6) is 0. The van der Waals surface area contributed by atoms with Crippen molar-refractivity contribution in [3.8, 4) is 0 Å². The van der Waals surface area contributed by atoms with Gasteiger partial charge in [-0.3, -0.25) is 0 Å². The van der Waals surface area contributed by atoms with Crippen LogP contribution in [-0.2, 0) is 20.2 Å². The molecule has 3 nitrogen and oxygen atoms in total. The number of unbranched alkanes of at least 4 members (excludes halogenated alkanes) is 14. The van der Waals surface area contributed by atoms with Gasteiger partial charge in [0, 0.05) is 0 Å². The predicted molar refractivity (Wildman–Crippen MR) is 135 cm³/mol. The third kappa shape index (κ3) is 18.8. The Morgan fingerprint density at radius 3 is 1.39 bits per heavy atom. The van der Waals surface area contributed by atoms with Crippen molar-refractivity contribution in [2.45, 2.75) is 123 Å². The third-order valence-corrected chi connectivity index (χ3v) is 6.70. The summed E-state index contributed by atoms with van der Waals surface area (Å²) in [5, 5.41) is 0. The standard InChI is InChI=1S/C27H49O3P/c1-3-5-7-9-11-13-15-20-24-28-31(30-26-27-22-18-17-19-23-27)29-25-21-16-14-12-10-8-6-4-2/h17-19,22-23H,3-16,20-21,24-26H2,1-2H3. The second-order valence-corrected chi connectivity index (χ2v) is 9.82. The van der Waals surface area contributed by atoms with Crippen LogP contribution in [0.25, 0.3) is 0 Å². The zero-order chi connectivity index (χ0) is 22.2. The van der Waals surface area contributed by atoms with Crippen LogP contribution in [-0.4, -0.2) is 13.2 Å². The fourth-order valence-corrected chi connectivity index (χ4v) is 4.60. The van der Waals surface area contributed by atoms with Gasteiger partial charge in [0.25, 0.3) is 0 Å². The van der Waals surface area contributed by atoms with Gasteiger partial charge in [0.05, 0.1) is 19.8 Å². The maximum atomic E-state index is 6.00. The minimum absolute atomic E-state index is 0.557. The molecule has 0 amide bonds. The fourth-order valence-electron chi connectivity index (χ4n) is 3.56. The number of benzene rings is 1. The number of hydrogen-bond acceptors (Lipinski definition) is 3. The fraction of sp³-hybridized carbons (Fsp3) is 0.778. The van der Waals surface area contributed by atoms with Crippen LogP contribution in [0.4, 0.5) is 0 Å². The van der Waals surface area contributed by atoms with Crippen molar-refractivity contribution in [3.05, 3.63) is 35.9 Å². The third-order valence-electron chi connectivity index (χ3n) is 5.57. The highest BCUT2D eigenvalue weighted by Gasteiger charge is 2.13. The highest BCUT2D eigenvalue weighted by atomic mass is 31.2. The van der Waals surface area contributed by atoms with Crippen LogP contribution in [0.15, 0.2) is 30.3 Å². The van der Waals surface area contributed by atoms with Gasteiger partial charge in [0.1, 0.15) is 0 Å². The molecule has 0 saturated heterocycles. The molecule has 0 aliphatic heterocycles. The lowest BCUT2D eigenvalue weighted by Gasteiger charge is -2.17. The molecule has 0 N–H and O–H groups in total. The maximum Gasteiger partial charge on any atom is 0.332 e. The molecule has 0 heterocycles. The Bertz CT molecular complexity index is 447. The van der Waals surface area contributed by atoms with Crippen LogP contribution in [0.1, 0.15) is 122 Å². The molecule has 0 radical (unpaired) electrons. The molecule has 0 fully saturated rings. The van der Waals surface area contributed by atoms with E-state index >= 15 is 0 Å². The molecule has 0 spiro atoms. The largest absolute Gasteiger partial charge is 0.332 e. The van der Waals surface area contributed by atoms with Crippen LogP contribution in [0, 0.1) is 0 Å². The van der Waals surface area contributed by atoms with Crippen molar-refractivity contribution in [1.29, 1.82) is 0 Å². The molecule has 0 unspecified atom stereocenters. The first-order chi connectivity index (χ1) is 15.4. The van der Waals surface area contributed by atoms with E-state index in [1.165, 1.54) is 95.5 Å². The number of hydrogen-bond donors (Lipinski definition) is 0. The van der Waals surface area contributed by atoms with E-state index < -0.39 is 8.60 Å². The second kappa shape index (κ2) is 22.7. The van der Waals surface area contributed by atoms with Gasteiger partial charge in [0.2, 0.25) is 0 Å². The van der Waals surface area contributed by atoms with E-state index in [1.807, 2.05) is 18.2 Å². The Morgan fingerprint density at radius 2 is 0.935 bits per heavy atom. The molecular weight excluding hydrogens is 403 g/mol. The van der Waals surface area contributed by atoms with Gasteiger partial charge >= 0.3 is 8.60 Å². The van der Waals surface area contributed by atoms with E-state index in [0.717, 1.165) is 26.1 Å². The number of rotatable bonds is 23. The summed E-state index contributed by atoms with van der Waals surface area (Å²) >= 11 is 0. The zero-order valence-electron chi connectivity index (χ0n) is 20.5. The van der Waals surface area contributed by atoms with Crippen LogP contribution >= 0.6 is 8.60 Å². The summed E-state index contributed by atoms with van der Waals surface area (Å²) in [6.07, 6.45) is 20.9.